The first-order valence-corrected chi connectivity index (χ1v) is 17.1. The van der Waals surface area contributed by atoms with Crippen molar-refractivity contribution in [3.05, 3.63) is 77.5 Å². The lowest BCUT2D eigenvalue weighted by Crippen LogP contribution is -2.69. The summed E-state index contributed by atoms with van der Waals surface area (Å²) in [6.45, 7) is 9.14. The van der Waals surface area contributed by atoms with E-state index in [0.717, 1.165) is 11.3 Å². The number of benzene rings is 1. The van der Waals surface area contributed by atoms with E-state index in [1.807, 2.05) is 19.1 Å². The average molecular weight is 660 g/mol. The summed E-state index contributed by atoms with van der Waals surface area (Å²) < 4.78 is 30.7. The molecule has 9 nitrogen and oxygen atoms in total. The van der Waals surface area contributed by atoms with Gasteiger partial charge < -0.3 is 30.3 Å². The summed E-state index contributed by atoms with van der Waals surface area (Å²) in [6.07, 6.45) is 4.29. The monoisotopic (exact) mass is 659 g/mol. The predicted octanol–water partition coefficient (Wildman–Crippen LogP) is 5.77. The van der Waals surface area contributed by atoms with E-state index in [1.54, 1.807) is 19.2 Å². The lowest BCUT2D eigenvalue weighted by Gasteiger charge is -2.62. The Balaban J connectivity index is 1.12. The van der Waals surface area contributed by atoms with Crippen molar-refractivity contribution < 1.29 is 33.7 Å². The van der Waals surface area contributed by atoms with Gasteiger partial charge in [0, 0.05) is 46.3 Å². The topological polar surface area (TPSA) is 130 Å². The van der Waals surface area contributed by atoms with Gasteiger partial charge in [-0.05, 0) is 101 Å². The maximum atomic E-state index is 17.6. The highest BCUT2D eigenvalue weighted by Crippen LogP contribution is 2.72. The molecule has 0 spiro atoms. The van der Waals surface area contributed by atoms with Crippen LogP contribution in [0.25, 0.3) is 0 Å². The van der Waals surface area contributed by atoms with Crippen LogP contribution in [0.5, 0.6) is 0 Å². The van der Waals surface area contributed by atoms with Gasteiger partial charge in [-0.25, -0.2) is 9.37 Å². The Kier molecular flexibility index (Phi) is 7.98. The van der Waals surface area contributed by atoms with Crippen LogP contribution in [-0.2, 0) is 19.1 Å². The molecule has 1 aliphatic heterocycles. The maximum absolute atomic E-state index is 17.6. The van der Waals surface area contributed by atoms with Crippen molar-refractivity contribution in [1.29, 1.82) is 0 Å². The number of allylic oxidation sites excluding steroid dienone is 4. The van der Waals surface area contributed by atoms with Crippen molar-refractivity contribution in [1.82, 2.24) is 4.98 Å². The third-order valence-electron chi connectivity index (χ3n) is 12.2. The van der Waals surface area contributed by atoms with Gasteiger partial charge in [0.05, 0.1) is 12.2 Å². The molecule has 48 heavy (non-hydrogen) atoms. The van der Waals surface area contributed by atoms with Crippen molar-refractivity contribution in [2.24, 2.45) is 22.7 Å². The summed E-state index contributed by atoms with van der Waals surface area (Å²) in [6, 6.07) is 12.3. The predicted molar refractivity (Wildman–Crippen MR) is 179 cm³/mol. The molecule has 7 rings (SSSR count). The van der Waals surface area contributed by atoms with Gasteiger partial charge in [-0.1, -0.05) is 30.7 Å². The fourth-order valence-corrected chi connectivity index (χ4v) is 9.86. The lowest BCUT2D eigenvalue weighted by molar-refractivity contribution is -0.231. The van der Waals surface area contributed by atoms with Crippen LogP contribution in [0.1, 0.15) is 83.8 Å². The van der Waals surface area contributed by atoms with E-state index in [4.69, 9.17) is 9.47 Å². The highest BCUT2D eigenvalue weighted by molar-refractivity contribution is 6.01. The normalized spacial score (nSPS) is 38.8. The van der Waals surface area contributed by atoms with E-state index >= 15 is 4.39 Å². The number of Topliss-reactive ketones (excluding diaryl/α,β-unsaturated/α-hetero) is 1. The number of anilines is 2. The van der Waals surface area contributed by atoms with Crippen LogP contribution in [-0.4, -0.2) is 62.9 Å². The van der Waals surface area contributed by atoms with Gasteiger partial charge in [-0.2, -0.15) is 0 Å². The second-order valence-electron chi connectivity index (χ2n) is 15.2. The van der Waals surface area contributed by atoms with Crippen molar-refractivity contribution >= 4 is 23.1 Å². The van der Waals surface area contributed by atoms with Gasteiger partial charge >= 0.3 is 0 Å². The molecule has 2 heterocycles. The summed E-state index contributed by atoms with van der Waals surface area (Å²) >= 11 is 0. The molecular formula is C38H46FN3O6. The fourth-order valence-electron chi connectivity index (χ4n) is 9.86. The highest BCUT2D eigenvalue weighted by Gasteiger charge is 2.79. The van der Waals surface area contributed by atoms with Crippen LogP contribution >= 0.6 is 0 Å². The number of carbonyl (C=O) groups is 2. The van der Waals surface area contributed by atoms with Gasteiger partial charge in [-0.15, -0.1) is 0 Å². The van der Waals surface area contributed by atoms with Gasteiger partial charge in [0.2, 0.25) is 0 Å². The molecule has 2 aromatic rings. The molecule has 5 aliphatic rings. The van der Waals surface area contributed by atoms with Crippen LogP contribution in [0, 0.1) is 22.7 Å². The van der Waals surface area contributed by atoms with E-state index in [9.17, 15) is 19.8 Å². The van der Waals surface area contributed by atoms with Crippen molar-refractivity contribution in [2.45, 2.75) is 102 Å². The molecule has 0 unspecified atom stereocenters. The van der Waals surface area contributed by atoms with E-state index in [2.05, 4.69) is 60.7 Å². The first-order chi connectivity index (χ1) is 22.8. The summed E-state index contributed by atoms with van der Waals surface area (Å²) in [5, 5.41) is 28.8. The number of fused-ring (bicyclic) bond motifs is 7. The quantitative estimate of drug-likeness (QED) is 0.279. The molecule has 1 aromatic heterocycles. The second-order valence-corrected chi connectivity index (χ2v) is 15.2. The Morgan fingerprint density at radius 2 is 1.85 bits per heavy atom. The molecule has 0 amide bonds. The number of hydrogen-bond acceptors (Lipinski definition) is 9. The Morgan fingerprint density at radius 3 is 2.52 bits per heavy atom. The summed E-state index contributed by atoms with van der Waals surface area (Å²) in [7, 11) is 0. The third kappa shape index (κ3) is 4.66. The number of pyridine rings is 1. The Morgan fingerprint density at radius 1 is 1.10 bits per heavy atom. The smallest absolute Gasteiger partial charge is 0.193 e. The molecule has 1 aromatic carbocycles. The number of aliphatic hydroxyl groups is 2. The SMILES string of the molecule is CC(C)Nc1ccc([C@@H](C)Nc2ccc([C@@H]3O[C@@H]4C[C@H]5[C@@H]6CCC7=CC(=O)C=C[C@]7(C)[C@@]6(F)[C@@H](O)C[C@]5(C)[C@]4(C(=O)CO)O3)cn2)cc1. The van der Waals surface area contributed by atoms with Gasteiger partial charge in [0.15, 0.2) is 29.1 Å². The number of alkyl halides is 1. The van der Waals surface area contributed by atoms with Crippen molar-refractivity contribution in [3.63, 3.8) is 0 Å². The molecule has 4 N–H and O–H groups in total. The number of rotatable bonds is 8. The minimum atomic E-state index is -2.04. The first kappa shape index (κ1) is 33.1. The zero-order chi connectivity index (χ0) is 34.2. The van der Waals surface area contributed by atoms with Crippen molar-refractivity contribution in [3.8, 4) is 0 Å². The molecule has 256 valence electrons. The number of ketones is 2. The molecular weight excluding hydrogens is 613 g/mol. The number of ether oxygens (including phenoxy) is 2. The molecule has 4 fully saturated rings. The molecule has 10 heteroatoms. The Hall–Kier alpha value is -3.44. The Labute approximate surface area is 281 Å². The van der Waals surface area contributed by atoms with Crippen molar-refractivity contribution in [2.75, 3.05) is 17.2 Å². The van der Waals surface area contributed by atoms with E-state index < -0.39 is 58.9 Å². The number of hydrogen-bond donors (Lipinski definition) is 4. The first-order valence-electron chi connectivity index (χ1n) is 17.1. The molecule has 10 atom stereocenters. The molecule has 3 saturated carbocycles. The van der Waals surface area contributed by atoms with E-state index in [1.165, 1.54) is 12.2 Å². The average Bonchev–Trinajstić information content (AvgIpc) is 3.55. The van der Waals surface area contributed by atoms with Crippen LogP contribution in [0.4, 0.5) is 15.9 Å². The van der Waals surface area contributed by atoms with Crippen LogP contribution in [0.15, 0.2) is 66.4 Å². The summed E-state index contributed by atoms with van der Waals surface area (Å²) in [5.41, 5.74) is -2.29. The number of nitrogens with one attached hydrogen (secondary N) is 2. The number of halogens is 1. The fraction of sp³-hybridized carbons (Fsp3) is 0.553. The molecule has 0 bridgehead atoms. The molecule has 1 saturated heterocycles. The second kappa shape index (κ2) is 11.6. The van der Waals surface area contributed by atoms with Gasteiger partial charge in [0.25, 0.3) is 0 Å². The number of aromatic nitrogens is 1. The summed E-state index contributed by atoms with van der Waals surface area (Å²) in [5.74, 6) is -1.01. The summed E-state index contributed by atoms with van der Waals surface area (Å²) in [4.78, 5) is 30.6. The zero-order valence-electron chi connectivity index (χ0n) is 28.2. The molecule has 4 aliphatic carbocycles. The minimum Gasteiger partial charge on any atom is -0.390 e. The third-order valence-corrected chi connectivity index (χ3v) is 12.2. The standard InChI is InChI=1S/C38H46FN3O6/c1-21(2)41-26-10-6-23(7-11-26)22(3)42-33-13-8-24(19-40-33)34-47-32-17-29-28-12-9-25-16-27(44)14-15-35(25,4)37(28,39)30(45)18-36(29,5)38(32,48-34)31(46)20-43/h6-8,10-11,13-16,19,21-22,28-30,32,34,41,43,45H,9,12,17-18,20H2,1-5H3,(H,40,42)/t22-,28+,29+,30+,32-,34-,35+,36+,37+,38-/m1/s1. The van der Waals surface area contributed by atoms with Gasteiger partial charge in [-0.3, -0.25) is 9.59 Å². The highest BCUT2D eigenvalue weighted by atomic mass is 19.1. The number of carbonyl (C=O) groups excluding carboxylic acids is 2. The van der Waals surface area contributed by atoms with Crippen LogP contribution in [0.3, 0.4) is 0 Å². The van der Waals surface area contributed by atoms with E-state index in [-0.39, 0.29) is 24.2 Å². The van der Waals surface area contributed by atoms with Crippen LogP contribution in [0.2, 0.25) is 0 Å². The molecule has 0 radical (unpaired) electrons. The maximum Gasteiger partial charge on any atom is 0.193 e. The number of nitrogens with zero attached hydrogens (tertiary/aromatic N) is 1. The van der Waals surface area contributed by atoms with Gasteiger partial charge in [0.1, 0.15) is 12.4 Å². The van der Waals surface area contributed by atoms with Crippen LogP contribution < -0.4 is 10.6 Å². The minimum absolute atomic E-state index is 0.00401. The Bertz CT molecular complexity index is 1660. The lowest BCUT2D eigenvalue weighted by atomic mass is 9.44. The number of aliphatic hydroxyl groups excluding tert-OH is 2. The largest absolute Gasteiger partial charge is 0.390 e. The van der Waals surface area contributed by atoms with E-state index in [0.29, 0.717) is 42.3 Å². The zero-order valence-corrected chi connectivity index (χ0v) is 28.2.